The van der Waals surface area contributed by atoms with Gasteiger partial charge in [0.05, 0.1) is 9.99 Å². The summed E-state index contributed by atoms with van der Waals surface area (Å²) in [5.74, 6) is 0.734. The number of pyridine rings is 1. The van der Waals surface area contributed by atoms with Gasteiger partial charge in [0.2, 0.25) is 0 Å². The Bertz CT molecular complexity index is 684. The van der Waals surface area contributed by atoms with Crippen molar-refractivity contribution in [3.8, 4) is 0 Å². The predicted octanol–water partition coefficient (Wildman–Crippen LogP) is 4.98. The lowest BCUT2D eigenvalue weighted by Gasteiger charge is -2.15. The van der Waals surface area contributed by atoms with E-state index in [1.807, 2.05) is 10.7 Å². The van der Waals surface area contributed by atoms with Gasteiger partial charge in [-0.15, -0.1) is 0 Å². The number of fused-ring (bicyclic) bond motifs is 1. The van der Waals surface area contributed by atoms with Gasteiger partial charge in [0.1, 0.15) is 17.4 Å². The lowest BCUT2D eigenvalue weighted by molar-refractivity contribution is 0.0819. The number of nitrogens with one attached hydrogen (secondary N) is 1. The molecule has 2 aromatic rings. The van der Waals surface area contributed by atoms with Crippen molar-refractivity contribution in [2.75, 3.05) is 11.9 Å². The third-order valence-corrected chi connectivity index (χ3v) is 6.10. The molecule has 0 unspecified atom stereocenters. The average Bonchev–Trinajstić information content (AvgIpc) is 2.71. The van der Waals surface area contributed by atoms with Crippen LogP contribution in [-0.2, 0) is 11.5 Å². The molecular weight excluding hydrogens is 396 g/mol. The number of hydrogen-bond acceptors (Lipinski definition) is 4. The first-order chi connectivity index (χ1) is 10.7. The van der Waals surface area contributed by atoms with E-state index < -0.39 is 8.07 Å². The van der Waals surface area contributed by atoms with Crippen LogP contribution in [0.4, 0.5) is 5.82 Å². The van der Waals surface area contributed by atoms with Gasteiger partial charge in [0.25, 0.3) is 0 Å². The molecule has 2 heterocycles. The van der Waals surface area contributed by atoms with Gasteiger partial charge in [-0.1, -0.05) is 31.2 Å². The van der Waals surface area contributed by atoms with Crippen molar-refractivity contribution in [3.05, 3.63) is 15.7 Å². The lowest BCUT2D eigenvalue weighted by atomic mass is 10.3. The molecule has 0 amide bonds. The Labute approximate surface area is 151 Å². The monoisotopic (exact) mass is 418 g/mol. The van der Waals surface area contributed by atoms with E-state index in [4.69, 9.17) is 16.3 Å². The molecule has 23 heavy (non-hydrogen) atoms. The molecule has 0 aromatic carbocycles. The molecule has 0 aliphatic heterocycles. The van der Waals surface area contributed by atoms with Gasteiger partial charge in [-0.3, -0.25) is 0 Å². The molecule has 0 bridgehead atoms. The Morgan fingerprint density at radius 2 is 2.09 bits per heavy atom. The third-order valence-electron chi connectivity index (χ3n) is 3.27. The summed E-state index contributed by atoms with van der Waals surface area (Å²) < 4.78 is 8.41. The summed E-state index contributed by atoms with van der Waals surface area (Å²) in [6.45, 7) is 12.3. The van der Waals surface area contributed by atoms with Gasteiger partial charge in [-0.2, -0.15) is 5.10 Å². The largest absolute Gasteiger partial charge is 0.365 e. The van der Waals surface area contributed by atoms with Crippen LogP contribution in [0.1, 0.15) is 13.8 Å². The maximum atomic E-state index is 6.13. The van der Waals surface area contributed by atoms with E-state index in [1.165, 1.54) is 0 Å². The fourth-order valence-electron chi connectivity index (χ4n) is 2.05. The fourth-order valence-corrected chi connectivity index (χ4v) is 3.25. The number of anilines is 1. The van der Waals surface area contributed by atoms with Crippen LogP contribution < -0.4 is 5.32 Å². The zero-order chi connectivity index (χ0) is 17.2. The summed E-state index contributed by atoms with van der Waals surface area (Å²) >= 11 is 9.56. The lowest BCUT2D eigenvalue weighted by Crippen LogP contribution is -2.22. The van der Waals surface area contributed by atoms with Gasteiger partial charge >= 0.3 is 0 Å². The number of halogens is 2. The summed E-state index contributed by atoms with van der Waals surface area (Å²) in [4.78, 5) is 4.44. The van der Waals surface area contributed by atoms with Crippen LogP contribution >= 0.6 is 27.5 Å². The molecule has 0 aliphatic rings. The molecule has 0 radical (unpaired) electrons. The average molecular weight is 420 g/mol. The van der Waals surface area contributed by atoms with Crippen molar-refractivity contribution >= 4 is 52.5 Å². The van der Waals surface area contributed by atoms with E-state index in [9.17, 15) is 0 Å². The molecule has 8 heteroatoms. The third kappa shape index (κ3) is 5.17. The van der Waals surface area contributed by atoms with Crippen molar-refractivity contribution in [1.29, 1.82) is 0 Å². The first-order valence-electron chi connectivity index (χ1n) is 7.74. The number of hydrogen-bond donors (Lipinski definition) is 1. The van der Waals surface area contributed by atoms with Crippen molar-refractivity contribution in [2.45, 2.75) is 52.3 Å². The summed E-state index contributed by atoms with van der Waals surface area (Å²) in [7, 11) is -1.09. The first kappa shape index (κ1) is 18.7. The van der Waals surface area contributed by atoms with Crippen molar-refractivity contribution in [3.63, 3.8) is 0 Å². The zero-order valence-corrected chi connectivity index (χ0v) is 17.6. The van der Waals surface area contributed by atoms with Crippen molar-refractivity contribution < 1.29 is 4.74 Å². The van der Waals surface area contributed by atoms with Crippen LogP contribution in [0.15, 0.2) is 10.5 Å². The van der Waals surface area contributed by atoms with Crippen LogP contribution in [0.25, 0.3) is 11.0 Å². The van der Waals surface area contributed by atoms with Gasteiger partial charge in [0, 0.05) is 20.7 Å². The van der Waals surface area contributed by atoms with Gasteiger partial charge in [0.15, 0.2) is 5.82 Å². The maximum absolute atomic E-state index is 6.13. The SMILES string of the molecule is CC(C)Nc1nn(COCC[Si](C)(C)C)c2cc(Br)c(Cl)nc12. The number of nitrogens with zero attached hydrogens (tertiary/aromatic N) is 3. The highest BCUT2D eigenvalue weighted by molar-refractivity contribution is 9.10. The topological polar surface area (TPSA) is 52.0 Å². The van der Waals surface area contributed by atoms with E-state index in [2.05, 4.69) is 64.8 Å². The van der Waals surface area contributed by atoms with Crippen LogP contribution in [-0.4, -0.2) is 35.5 Å². The molecule has 0 spiro atoms. The zero-order valence-electron chi connectivity index (χ0n) is 14.3. The minimum atomic E-state index is -1.09. The number of rotatable bonds is 7. The van der Waals surface area contributed by atoms with Crippen molar-refractivity contribution in [1.82, 2.24) is 14.8 Å². The molecule has 5 nitrogen and oxygen atoms in total. The summed E-state index contributed by atoms with van der Waals surface area (Å²) in [6.07, 6.45) is 0. The molecule has 0 fully saturated rings. The van der Waals surface area contributed by atoms with Crippen LogP contribution in [0.2, 0.25) is 30.8 Å². The summed E-state index contributed by atoms with van der Waals surface area (Å²) in [6, 6.07) is 3.33. The Morgan fingerprint density at radius 1 is 1.39 bits per heavy atom. The maximum Gasteiger partial charge on any atom is 0.175 e. The molecule has 0 saturated heterocycles. The molecule has 0 atom stereocenters. The quantitative estimate of drug-likeness (QED) is 0.390. The predicted molar refractivity (Wildman–Crippen MR) is 103 cm³/mol. The van der Waals surface area contributed by atoms with Crippen LogP contribution in [0.3, 0.4) is 0 Å². The minimum Gasteiger partial charge on any atom is -0.365 e. The molecule has 0 saturated carbocycles. The molecule has 1 N–H and O–H groups in total. The molecule has 0 aliphatic carbocycles. The number of ether oxygens (including phenoxy) is 1. The second-order valence-corrected chi connectivity index (χ2v) is 14.0. The van der Waals surface area contributed by atoms with E-state index in [-0.39, 0.29) is 6.04 Å². The Kier molecular flexibility index (Phi) is 6.10. The Morgan fingerprint density at radius 3 is 2.70 bits per heavy atom. The van der Waals surface area contributed by atoms with E-state index in [0.29, 0.717) is 11.9 Å². The summed E-state index contributed by atoms with van der Waals surface area (Å²) in [5.41, 5.74) is 1.66. The van der Waals surface area contributed by atoms with Crippen molar-refractivity contribution in [2.24, 2.45) is 0 Å². The van der Waals surface area contributed by atoms with E-state index in [1.54, 1.807) is 0 Å². The van der Waals surface area contributed by atoms with Crippen LogP contribution in [0, 0.1) is 0 Å². The number of aromatic nitrogens is 3. The Hall–Kier alpha value is -0.633. The van der Waals surface area contributed by atoms with Gasteiger partial charge in [-0.05, 0) is 41.9 Å². The second-order valence-electron chi connectivity index (χ2n) is 7.12. The Balaban J connectivity index is 2.23. The summed E-state index contributed by atoms with van der Waals surface area (Å²) in [5, 5.41) is 8.34. The minimum absolute atomic E-state index is 0.263. The molecular formula is C15H24BrClN4OSi. The van der Waals surface area contributed by atoms with Gasteiger partial charge in [-0.25, -0.2) is 9.67 Å². The highest BCUT2D eigenvalue weighted by Crippen LogP contribution is 2.29. The highest BCUT2D eigenvalue weighted by atomic mass is 79.9. The normalized spacial score (nSPS) is 12.3. The molecule has 2 rings (SSSR count). The fraction of sp³-hybridized carbons (Fsp3) is 0.600. The standard InChI is InChI=1S/C15H24BrClN4OSi/c1-10(2)18-15-13-12(8-11(16)14(17)19-13)21(20-15)9-22-6-7-23(3,4)5/h8,10H,6-7,9H2,1-5H3,(H,18,20). The second kappa shape index (κ2) is 7.50. The van der Waals surface area contributed by atoms with E-state index in [0.717, 1.165) is 34.0 Å². The molecule has 2 aromatic heterocycles. The molecule has 128 valence electrons. The van der Waals surface area contributed by atoms with Crippen LogP contribution in [0.5, 0.6) is 0 Å². The van der Waals surface area contributed by atoms with E-state index >= 15 is 0 Å². The van der Waals surface area contributed by atoms with Gasteiger partial charge < -0.3 is 10.1 Å². The first-order valence-corrected chi connectivity index (χ1v) is 12.6. The highest BCUT2D eigenvalue weighted by Gasteiger charge is 2.16. The smallest absolute Gasteiger partial charge is 0.175 e.